The zero-order valence-corrected chi connectivity index (χ0v) is 14.4. The van der Waals surface area contributed by atoms with E-state index in [1.807, 2.05) is 0 Å². The van der Waals surface area contributed by atoms with Gasteiger partial charge in [-0.3, -0.25) is 15.1 Å². The molecule has 24 heavy (non-hydrogen) atoms. The Balaban J connectivity index is 2.44. The summed E-state index contributed by atoms with van der Waals surface area (Å²) in [6, 6.07) is 7.28. The van der Waals surface area contributed by atoms with Crippen LogP contribution in [0.1, 0.15) is 21.5 Å². The van der Waals surface area contributed by atoms with Gasteiger partial charge in [-0.25, -0.2) is 4.79 Å². The van der Waals surface area contributed by atoms with Crippen molar-refractivity contribution in [1.82, 2.24) is 0 Å². The van der Waals surface area contributed by atoms with Crippen molar-refractivity contribution < 1.29 is 19.6 Å². The molecule has 0 unspecified atom stereocenters. The van der Waals surface area contributed by atoms with Gasteiger partial charge in [-0.15, -0.1) is 0 Å². The van der Waals surface area contributed by atoms with Crippen LogP contribution in [0.3, 0.4) is 0 Å². The lowest BCUT2D eigenvalue weighted by Crippen LogP contribution is -2.00. The number of halogens is 1. The first-order chi connectivity index (χ1) is 11.3. The number of benzene rings is 2. The molecular formula is C16H13BrN2O5. The van der Waals surface area contributed by atoms with Crippen molar-refractivity contribution >= 4 is 39.5 Å². The molecule has 124 valence electrons. The van der Waals surface area contributed by atoms with Gasteiger partial charge in [-0.2, -0.15) is 0 Å². The fourth-order valence-electron chi connectivity index (χ4n) is 1.94. The van der Waals surface area contributed by atoms with Crippen LogP contribution >= 0.6 is 15.9 Å². The minimum absolute atomic E-state index is 0.161. The average molecular weight is 393 g/mol. The highest BCUT2D eigenvalue weighted by Gasteiger charge is 2.14. The fourth-order valence-corrected chi connectivity index (χ4v) is 2.41. The zero-order valence-electron chi connectivity index (χ0n) is 12.8. The van der Waals surface area contributed by atoms with Gasteiger partial charge in [-0.05, 0) is 40.5 Å². The number of phenolic OH excluding ortho intramolecular Hbond substituents is 1. The first-order valence-corrected chi connectivity index (χ1v) is 7.52. The van der Waals surface area contributed by atoms with Crippen molar-refractivity contribution in [3.63, 3.8) is 0 Å². The standard InChI is InChI=1S/C16H13BrN2O5/c1-9-3-4-10(16(21)24-2)6-14(9)18-8-11-5-12(19(22)23)7-13(17)15(11)20/h3-8,20H,1-2H3. The van der Waals surface area contributed by atoms with Crippen LogP contribution in [0, 0.1) is 17.0 Å². The first-order valence-electron chi connectivity index (χ1n) is 6.73. The monoisotopic (exact) mass is 392 g/mol. The number of nitro groups is 1. The number of hydrogen-bond acceptors (Lipinski definition) is 6. The first kappa shape index (κ1) is 17.6. The molecule has 0 amide bonds. The van der Waals surface area contributed by atoms with Crippen molar-refractivity contribution in [2.45, 2.75) is 6.92 Å². The number of non-ortho nitro benzene ring substituents is 1. The number of hydrogen-bond donors (Lipinski definition) is 1. The molecule has 0 aromatic heterocycles. The molecule has 0 atom stereocenters. The maximum Gasteiger partial charge on any atom is 0.337 e. The lowest BCUT2D eigenvalue weighted by Gasteiger charge is -2.05. The summed E-state index contributed by atoms with van der Waals surface area (Å²) in [4.78, 5) is 26.1. The second-order valence-corrected chi connectivity index (χ2v) is 5.73. The maximum atomic E-state index is 11.6. The number of rotatable bonds is 4. The summed E-state index contributed by atoms with van der Waals surface area (Å²) < 4.78 is 4.85. The van der Waals surface area contributed by atoms with Gasteiger partial charge >= 0.3 is 5.97 Å². The van der Waals surface area contributed by atoms with E-state index in [4.69, 9.17) is 0 Å². The quantitative estimate of drug-likeness (QED) is 0.367. The van der Waals surface area contributed by atoms with E-state index in [9.17, 15) is 20.0 Å². The Morgan fingerprint density at radius 1 is 1.38 bits per heavy atom. The van der Waals surface area contributed by atoms with E-state index in [0.717, 1.165) is 5.56 Å². The molecule has 0 aliphatic carbocycles. The van der Waals surface area contributed by atoms with Gasteiger partial charge in [0, 0.05) is 23.9 Å². The van der Waals surface area contributed by atoms with Crippen LogP contribution in [-0.4, -0.2) is 29.3 Å². The van der Waals surface area contributed by atoms with Gasteiger partial charge < -0.3 is 9.84 Å². The van der Waals surface area contributed by atoms with E-state index in [-0.39, 0.29) is 21.5 Å². The lowest BCUT2D eigenvalue weighted by molar-refractivity contribution is -0.385. The number of aliphatic imine (C=N–C) groups is 1. The van der Waals surface area contributed by atoms with E-state index in [1.165, 1.54) is 25.5 Å². The van der Waals surface area contributed by atoms with E-state index < -0.39 is 10.9 Å². The van der Waals surface area contributed by atoms with E-state index in [1.54, 1.807) is 25.1 Å². The summed E-state index contributed by atoms with van der Waals surface area (Å²) in [5.41, 5.74) is 1.61. The Morgan fingerprint density at radius 3 is 2.71 bits per heavy atom. The number of nitro benzene ring substituents is 1. The summed E-state index contributed by atoms with van der Waals surface area (Å²) in [6.07, 6.45) is 1.30. The Hall–Kier alpha value is -2.74. The van der Waals surface area contributed by atoms with E-state index >= 15 is 0 Å². The van der Waals surface area contributed by atoms with Gasteiger partial charge in [0.05, 0.1) is 27.8 Å². The van der Waals surface area contributed by atoms with Crippen molar-refractivity contribution in [2.24, 2.45) is 4.99 Å². The summed E-state index contributed by atoms with van der Waals surface area (Å²) in [7, 11) is 1.28. The summed E-state index contributed by atoms with van der Waals surface area (Å²) in [5.74, 6) is -0.654. The molecule has 2 aromatic rings. The number of carbonyl (C=O) groups excluding carboxylic acids is 1. The van der Waals surface area contributed by atoms with Crippen LogP contribution in [0.2, 0.25) is 0 Å². The highest BCUT2D eigenvalue weighted by molar-refractivity contribution is 9.10. The highest BCUT2D eigenvalue weighted by Crippen LogP contribution is 2.32. The number of carbonyl (C=O) groups is 1. The zero-order chi connectivity index (χ0) is 17.9. The molecule has 0 saturated heterocycles. The van der Waals surface area contributed by atoms with Crippen molar-refractivity contribution in [2.75, 3.05) is 7.11 Å². The predicted molar refractivity (Wildman–Crippen MR) is 92.2 cm³/mol. The van der Waals surface area contributed by atoms with E-state index in [0.29, 0.717) is 11.3 Å². The topological polar surface area (TPSA) is 102 Å². The number of phenols is 1. The molecule has 7 nitrogen and oxygen atoms in total. The molecular weight excluding hydrogens is 380 g/mol. The number of methoxy groups -OCH3 is 1. The molecule has 0 fully saturated rings. The van der Waals surface area contributed by atoms with Crippen LogP contribution in [0.25, 0.3) is 0 Å². The molecule has 0 spiro atoms. The Kier molecular flexibility index (Phi) is 5.30. The van der Waals surface area contributed by atoms with Gasteiger partial charge in [-0.1, -0.05) is 6.07 Å². The third-order valence-corrected chi connectivity index (χ3v) is 3.87. The molecule has 0 radical (unpaired) electrons. The lowest BCUT2D eigenvalue weighted by atomic mass is 10.1. The molecule has 1 N–H and O–H groups in total. The number of aryl methyl sites for hydroxylation is 1. The van der Waals surface area contributed by atoms with Gasteiger partial charge in [0.1, 0.15) is 5.75 Å². The summed E-state index contributed by atoms with van der Waals surface area (Å²) in [6.45, 7) is 1.80. The Bertz CT molecular complexity index is 849. The molecule has 0 bridgehead atoms. The van der Waals surface area contributed by atoms with Crippen molar-refractivity contribution in [3.05, 3.63) is 61.6 Å². The van der Waals surface area contributed by atoms with Gasteiger partial charge in [0.2, 0.25) is 0 Å². The Morgan fingerprint density at radius 2 is 2.08 bits per heavy atom. The highest BCUT2D eigenvalue weighted by atomic mass is 79.9. The second kappa shape index (κ2) is 7.22. The van der Waals surface area contributed by atoms with Crippen LogP contribution in [0.5, 0.6) is 5.75 Å². The normalized spacial score (nSPS) is 10.8. The molecule has 0 aliphatic rings. The van der Waals surface area contributed by atoms with Gasteiger partial charge in [0.15, 0.2) is 0 Å². The molecule has 0 saturated carbocycles. The third-order valence-electron chi connectivity index (χ3n) is 3.26. The summed E-state index contributed by atoms with van der Waals surface area (Å²) in [5, 5.41) is 20.9. The molecule has 8 heteroatoms. The number of nitrogens with zero attached hydrogens (tertiary/aromatic N) is 2. The third kappa shape index (κ3) is 3.77. The molecule has 0 heterocycles. The number of esters is 1. The van der Waals surface area contributed by atoms with Crippen molar-refractivity contribution in [3.8, 4) is 5.75 Å². The Labute approximate surface area is 145 Å². The smallest absolute Gasteiger partial charge is 0.337 e. The predicted octanol–water partition coefficient (Wildman–Crippen LogP) is 3.91. The minimum atomic E-state index is -0.565. The maximum absolute atomic E-state index is 11.6. The minimum Gasteiger partial charge on any atom is -0.506 e. The van der Waals surface area contributed by atoms with Crippen LogP contribution in [0.15, 0.2) is 39.8 Å². The SMILES string of the molecule is COC(=O)c1ccc(C)c(N=Cc2cc([N+](=O)[O-])cc(Br)c2O)c1. The number of ether oxygens (including phenoxy) is 1. The molecule has 2 rings (SSSR count). The molecule has 2 aromatic carbocycles. The largest absolute Gasteiger partial charge is 0.506 e. The van der Waals surface area contributed by atoms with Gasteiger partial charge in [0.25, 0.3) is 5.69 Å². The average Bonchev–Trinajstić information content (AvgIpc) is 2.56. The van der Waals surface area contributed by atoms with Crippen LogP contribution in [0.4, 0.5) is 11.4 Å². The second-order valence-electron chi connectivity index (χ2n) is 4.87. The fraction of sp³-hybridized carbons (Fsp3) is 0.125. The van der Waals surface area contributed by atoms with E-state index in [2.05, 4.69) is 25.7 Å². The van der Waals surface area contributed by atoms with Crippen molar-refractivity contribution in [1.29, 1.82) is 0 Å². The van der Waals surface area contributed by atoms with Crippen LogP contribution < -0.4 is 0 Å². The molecule has 0 aliphatic heterocycles. The number of aromatic hydroxyl groups is 1. The van der Waals surface area contributed by atoms with Crippen LogP contribution in [-0.2, 0) is 4.74 Å². The summed E-state index contributed by atoms with van der Waals surface area (Å²) >= 11 is 3.07.